The third-order valence-electron chi connectivity index (χ3n) is 4.53. The molecular formula is C21H28N4O. The highest BCUT2D eigenvalue weighted by atomic mass is 16.2. The van der Waals surface area contributed by atoms with Crippen LogP contribution in [0, 0.1) is 0 Å². The number of benzene rings is 2. The number of hydrogen-bond donors (Lipinski definition) is 2. The lowest BCUT2D eigenvalue weighted by atomic mass is 10.1. The molecule has 5 nitrogen and oxygen atoms in total. The zero-order chi connectivity index (χ0) is 18.4. The van der Waals surface area contributed by atoms with Crippen LogP contribution in [0.1, 0.15) is 19.4 Å². The third-order valence-corrected chi connectivity index (χ3v) is 4.53. The van der Waals surface area contributed by atoms with Crippen molar-refractivity contribution in [3.05, 3.63) is 60.2 Å². The van der Waals surface area contributed by atoms with Gasteiger partial charge in [0.25, 0.3) is 0 Å². The summed E-state index contributed by atoms with van der Waals surface area (Å²) < 4.78 is 0. The summed E-state index contributed by atoms with van der Waals surface area (Å²) in [6.07, 6.45) is 0. The summed E-state index contributed by atoms with van der Waals surface area (Å²) in [5.74, 6) is 0. The first-order chi connectivity index (χ1) is 12.6. The van der Waals surface area contributed by atoms with Crippen LogP contribution in [0.3, 0.4) is 0 Å². The molecule has 0 unspecified atom stereocenters. The van der Waals surface area contributed by atoms with Crippen LogP contribution in [0.2, 0.25) is 0 Å². The van der Waals surface area contributed by atoms with Crippen LogP contribution in [-0.2, 0) is 6.54 Å². The number of carbonyl (C=O) groups is 1. The second-order valence-electron chi connectivity index (χ2n) is 7.05. The molecular weight excluding hydrogens is 324 g/mol. The smallest absolute Gasteiger partial charge is 0.319 e. The first kappa shape index (κ1) is 18.3. The van der Waals surface area contributed by atoms with Gasteiger partial charge in [-0.1, -0.05) is 30.3 Å². The van der Waals surface area contributed by atoms with Gasteiger partial charge < -0.3 is 15.5 Å². The number of piperazine rings is 1. The van der Waals surface area contributed by atoms with Crippen molar-refractivity contribution in [2.45, 2.75) is 26.4 Å². The van der Waals surface area contributed by atoms with E-state index in [-0.39, 0.29) is 12.1 Å². The van der Waals surface area contributed by atoms with E-state index in [1.807, 2.05) is 26.0 Å². The molecule has 2 aromatic rings. The number of hydrogen-bond acceptors (Lipinski definition) is 3. The van der Waals surface area contributed by atoms with E-state index in [1.54, 1.807) is 0 Å². The zero-order valence-electron chi connectivity index (χ0n) is 15.6. The molecule has 0 spiro atoms. The molecule has 1 heterocycles. The van der Waals surface area contributed by atoms with Crippen LogP contribution in [0.25, 0.3) is 0 Å². The Labute approximate surface area is 156 Å². The van der Waals surface area contributed by atoms with Gasteiger partial charge in [0.2, 0.25) is 0 Å². The van der Waals surface area contributed by atoms with E-state index in [2.05, 4.69) is 62.9 Å². The highest BCUT2D eigenvalue weighted by molar-refractivity contribution is 5.89. The summed E-state index contributed by atoms with van der Waals surface area (Å²) in [7, 11) is 0. The minimum Gasteiger partial charge on any atom is -0.369 e. The Hall–Kier alpha value is -2.53. The Morgan fingerprint density at radius 3 is 2.23 bits per heavy atom. The second kappa shape index (κ2) is 8.72. The quantitative estimate of drug-likeness (QED) is 0.865. The largest absolute Gasteiger partial charge is 0.369 e. The lowest BCUT2D eigenvalue weighted by Crippen LogP contribution is -2.45. The van der Waals surface area contributed by atoms with Crippen molar-refractivity contribution in [1.82, 2.24) is 10.2 Å². The van der Waals surface area contributed by atoms with E-state index in [4.69, 9.17) is 0 Å². The molecule has 1 fully saturated rings. The lowest BCUT2D eigenvalue weighted by molar-refractivity contribution is 0.249. The second-order valence-corrected chi connectivity index (χ2v) is 7.05. The van der Waals surface area contributed by atoms with Gasteiger partial charge >= 0.3 is 6.03 Å². The number of amides is 2. The number of carbonyl (C=O) groups excluding carboxylic acids is 1. The standard InChI is InChI=1S/C21H28N4O/c1-17(2)22-21(26)23-19-10-8-18(9-11-19)16-24-12-14-25(15-13-24)20-6-4-3-5-7-20/h3-11,17H,12-16H2,1-2H3,(H2,22,23,26). The van der Waals surface area contributed by atoms with Crippen molar-refractivity contribution >= 4 is 17.4 Å². The van der Waals surface area contributed by atoms with Crippen molar-refractivity contribution < 1.29 is 4.79 Å². The molecule has 0 aromatic heterocycles. The average Bonchev–Trinajstić information content (AvgIpc) is 2.64. The van der Waals surface area contributed by atoms with Crippen molar-refractivity contribution in [3.63, 3.8) is 0 Å². The summed E-state index contributed by atoms with van der Waals surface area (Å²) in [6, 6.07) is 18.7. The van der Waals surface area contributed by atoms with Crippen molar-refractivity contribution in [2.24, 2.45) is 0 Å². The number of urea groups is 1. The Morgan fingerprint density at radius 1 is 0.962 bits per heavy atom. The molecule has 3 rings (SSSR count). The monoisotopic (exact) mass is 352 g/mol. The van der Waals surface area contributed by atoms with Gasteiger partial charge in [0.05, 0.1) is 0 Å². The topological polar surface area (TPSA) is 47.6 Å². The van der Waals surface area contributed by atoms with Crippen LogP contribution in [0.4, 0.5) is 16.2 Å². The van der Waals surface area contributed by atoms with E-state index < -0.39 is 0 Å². The van der Waals surface area contributed by atoms with Gasteiger partial charge in [-0.05, 0) is 43.7 Å². The average molecular weight is 352 g/mol. The SMILES string of the molecule is CC(C)NC(=O)Nc1ccc(CN2CCN(c3ccccc3)CC2)cc1. The van der Waals surface area contributed by atoms with Gasteiger partial charge in [0.1, 0.15) is 0 Å². The summed E-state index contributed by atoms with van der Waals surface area (Å²) in [4.78, 5) is 16.7. The number of anilines is 2. The molecule has 26 heavy (non-hydrogen) atoms. The molecule has 0 radical (unpaired) electrons. The Morgan fingerprint density at radius 2 is 1.62 bits per heavy atom. The maximum absolute atomic E-state index is 11.7. The summed E-state index contributed by atoms with van der Waals surface area (Å²) in [5, 5.41) is 5.68. The first-order valence-electron chi connectivity index (χ1n) is 9.29. The van der Waals surface area contributed by atoms with Crippen molar-refractivity contribution in [2.75, 3.05) is 36.4 Å². The Kier molecular flexibility index (Phi) is 6.12. The molecule has 2 aromatic carbocycles. The van der Waals surface area contributed by atoms with Gasteiger partial charge in [0, 0.05) is 50.1 Å². The molecule has 1 aliphatic rings. The summed E-state index contributed by atoms with van der Waals surface area (Å²) in [5.41, 5.74) is 3.40. The number of nitrogens with zero attached hydrogens (tertiary/aromatic N) is 2. The fourth-order valence-corrected chi connectivity index (χ4v) is 3.18. The summed E-state index contributed by atoms with van der Waals surface area (Å²) in [6.45, 7) is 9.07. The minimum absolute atomic E-state index is 0.129. The van der Waals surface area contributed by atoms with Crippen LogP contribution < -0.4 is 15.5 Å². The molecule has 1 aliphatic heterocycles. The van der Waals surface area contributed by atoms with E-state index in [0.29, 0.717) is 0 Å². The maximum Gasteiger partial charge on any atom is 0.319 e. The van der Waals surface area contributed by atoms with Crippen LogP contribution in [0.5, 0.6) is 0 Å². The number of nitrogens with one attached hydrogen (secondary N) is 2. The molecule has 0 aliphatic carbocycles. The summed E-state index contributed by atoms with van der Waals surface area (Å²) >= 11 is 0. The van der Waals surface area contributed by atoms with Crippen molar-refractivity contribution in [3.8, 4) is 0 Å². The van der Waals surface area contributed by atoms with Gasteiger partial charge in [-0.3, -0.25) is 4.90 Å². The third kappa shape index (κ3) is 5.23. The van der Waals surface area contributed by atoms with Crippen LogP contribution in [0.15, 0.2) is 54.6 Å². The van der Waals surface area contributed by atoms with Crippen molar-refractivity contribution in [1.29, 1.82) is 0 Å². The van der Waals surface area contributed by atoms with Gasteiger partial charge in [-0.25, -0.2) is 4.79 Å². The maximum atomic E-state index is 11.7. The molecule has 2 amide bonds. The fraction of sp³-hybridized carbons (Fsp3) is 0.381. The van der Waals surface area contributed by atoms with E-state index in [9.17, 15) is 4.79 Å². The Bertz CT molecular complexity index is 692. The van der Waals surface area contributed by atoms with Crippen LogP contribution >= 0.6 is 0 Å². The predicted octanol–water partition coefficient (Wildman–Crippen LogP) is 3.54. The lowest BCUT2D eigenvalue weighted by Gasteiger charge is -2.36. The van der Waals surface area contributed by atoms with Crippen LogP contribution in [-0.4, -0.2) is 43.2 Å². The number of para-hydroxylation sites is 1. The molecule has 1 saturated heterocycles. The first-order valence-corrected chi connectivity index (χ1v) is 9.29. The predicted molar refractivity (Wildman–Crippen MR) is 108 cm³/mol. The molecule has 138 valence electrons. The zero-order valence-corrected chi connectivity index (χ0v) is 15.6. The molecule has 5 heteroatoms. The molecule has 0 atom stereocenters. The molecule has 2 N–H and O–H groups in total. The van der Waals surface area contributed by atoms with Gasteiger partial charge in [0.15, 0.2) is 0 Å². The fourth-order valence-electron chi connectivity index (χ4n) is 3.18. The number of rotatable bonds is 5. The molecule has 0 saturated carbocycles. The Balaban J connectivity index is 1.47. The van der Waals surface area contributed by atoms with Gasteiger partial charge in [-0.15, -0.1) is 0 Å². The minimum atomic E-state index is -0.162. The normalized spacial score (nSPS) is 15.1. The highest BCUT2D eigenvalue weighted by Gasteiger charge is 2.17. The van der Waals surface area contributed by atoms with Gasteiger partial charge in [-0.2, -0.15) is 0 Å². The van der Waals surface area contributed by atoms with E-state index in [0.717, 1.165) is 38.4 Å². The molecule has 0 bridgehead atoms. The highest BCUT2D eigenvalue weighted by Crippen LogP contribution is 2.17. The van der Waals surface area contributed by atoms with E-state index in [1.165, 1.54) is 11.3 Å². The van der Waals surface area contributed by atoms with E-state index >= 15 is 0 Å².